The molecule has 2 atom stereocenters. The van der Waals surface area contributed by atoms with E-state index in [0.29, 0.717) is 37.2 Å². The Morgan fingerprint density at radius 2 is 1.97 bits per heavy atom. The molecule has 0 N–H and O–H groups in total. The van der Waals surface area contributed by atoms with E-state index in [0.717, 1.165) is 23.1 Å². The zero-order valence-electron chi connectivity index (χ0n) is 17.2. The first-order valence-electron chi connectivity index (χ1n) is 10.6. The monoisotopic (exact) mass is 435 g/mol. The third-order valence-electron chi connectivity index (χ3n) is 6.22. The van der Waals surface area contributed by atoms with Crippen molar-refractivity contribution in [3.63, 3.8) is 0 Å². The first kappa shape index (κ1) is 20.3. The van der Waals surface area contributed by atoms with Crippen LogP contribution in [0.5, 0.6) is 0 Å². The van der Waals surface area contributed by atoms with Gasteiger partial charge in [-0.05, 0) is 38.3 Å². The lowest BCUT2D eigenvalue weighted by molar-refractivity contribution is -0.170. The van der Waals surface area contributed by atoms with Gasteiger partial charge in [0, 0.05) is 30.8 Å². The predicted octanol–water partition coefficient (Wildman–Crippen LogP) is 3.39. The Hall–Kier alpha value is -2.62. The minimum absolute atomic E-state index is 0.00994. The first-order valence-corrected chi connectivity index (χ1v) is 10.6. The Kier molecular flexibility index (Phi) is 4.91. The van der Waals surface area contributed by atoms with Crippen molar-refractivity contribution in [1.29, 1.82) is 0 Å². The predicted molar refractivity (Wildman–Crippen MR) is 109 cm³/mol. The van der Waals surface area contributed by atoms with Gasteiger partial charge >= 0.3 is 6.18 Å². The fraction of sp³-hybridized carbons (Fsp3) is 0.571. The van der Waals surface area contributed by atoms with Crippen LogP contribution < -0.4 is 15.4 Å². The van der Waals surface area contributed by atoms with E-state index in [4.69, 9.17) is 4.74 Å². The number of ether oxygens (including phenoxy) is 1. The summed E-state index contributed by atoms with van der Waals surface area (Å²) in [5.41, 5.74) is 0.932. The second kappa shape index (κ2) is 7.51. The van der Waals surface area contributed by atoms with Crippen molar-refractivity contribution in [3.8, 4) is 0 Å². The Morgan fingerprint density at radius 1 is 1.16 bits per heavy atom. The standard InChI is InChI=1S/C21H24F3N5O2/c1-13-12-31-9-8-27(13)18-10-19(30)29-17(21(22,23)24)6-7-28(20(29)26-18)15-4-5-16(25-11-15)14-2-3-14/h4-5,10-11,13-14,17H,2-3,6-9,12H2,1H3/t13-,17?/m1/s1. The van der Waals surface area contributed by atoms with Crippen molar-refractivity contribution in [2.45, 2.75) is 50.4 Å². The number of rotatable bonds is 3. The van der Waals surface area contributed by atoms with Crippen LogP contribution in [-0.4, -0.2) is 53.1 Å². The second-order valence-corrected chi connectivity index (χ2v) is 8.45. The second-order valence-electron chi connectivity index (χ2n) is 8.45. The molecule has 0 amide bonds. The Morgan fingerprint density at radius 3 is 2.61 bits per heavy atom. The fourth-order valence-electron chi connectivity index (χ4n) is 4.38. The number of halogens is 3. The van der Waals surface area contributed by atoms with E-state index >= 15 is 0 Å². The molecule has 3 aliphatic rings. The molecule has 166 valence electrons. The normalized spacial score (nSPS) is 24.3. The number of nitrogens with zero attached hydrogens (tertiary/aromatic N) is 5. The summed E-state index contributed by atoms with van der Waals surface area (Å²) >= 11 is 0. The van der Waals surface area contributed by atoms with Crippen molar-refractivity contribution < 1.29 is 17.9 Å². The van der Waals surface area contributed by atoms with Gasteiger partial charge in [0.15, 0.2) is 0 Å². The lowest BCUT2D eigenvalue weighted by Gasteiger charge is -2.38. The summed E-state index contributed by atoms with van der Waals surface area (Å²) in [6.07, 6.45) is -0.861. The molecule has 5 rings (SSSR count). The molecule has 1 saturated heterocycles. The molecule has 0 aromatic carbocycles. The Bertz CT molecular complexity index is 1020. The highest BCUT2D eigenvalue weighted by molar-refractivity contribution is 5.60. The molecular weight excluding hydrogens is 411 g/mol. The zero-order valence-corrected chi connectivity index (χ0v) is 17.2. The van der Waals surface area contributed by atoms with Crippen LogP contribution in [-0.2, 0) is 4.74 Å². The molecule has 7 nitrogen and oxygen atoms in total. The van der Waals surface area contributed by atoms with Gasteiger partial charge in [-0.1, -0.05) is 0 Å². The summed E-state index contributed by atoms with van der Waals surface area (Å²) < 4.78 is 47.5. The van der Waals surface area contributed by atoms with E-state index in [-0.39, 0.29) is 25.0 Å². The van der Waals surface area contributed by atoms with Crippen LogP contribution in [0.2, 0.25) is 0 Å². The van der Waals surface area contributed by atoms with E-state index in [2.05, 4.69) is 9.97 Å². The maximum absolute atomic E-state index is 13.8. The Labute approximate surface area is 177 Å². The number of hydrogen-bond donors (Lipinski definition) is 0. The van der Waals surface area contributed by atoms with Gasteiger partial charge in [0.2, 0.25) is 5.95 Å². The lowest BCUT2D eigenvalue weighted by atomic mass is 10.1. The van der Waals surface area contributed by atoms with E-state index in [9.17, 15) is 18.0 Å². The molecule has 4 heterocycles. The SMILES string of the molecule is C[C@@H]1COCCN1c1cc(=O)n2c(n1)N(c1ccc(C3CC3)nc1)CCC2C(F)(F)F. The molecule has 0 radical (unpaired) electrons. The average molecular weight is 435 g/mol. The van der Waals surface area contributed by atoms with Gasteiger partial charge in [0.1, 0.15) is 11.9 Å². The summed E-state index contributed by atoms with van der Waals surface area (Å²) in [4.78, 5) is 25.6. The fourth-order valence-corrected chi connectivity index (χ4v) is 4.38. The average Bonchev–Trinajstić information content (AvgIpc) is 3.58. The van der Waals surface area contributed by atoms with Gasteiger partial charge in [0.25, 0.3) is 5.56 Å². The molecule has 0 bridgehead atoms. The molecule has 31 heavy (non-hydrogen) atoms. The van der Waals surface area contributed by atoms with Gasteiger partial charge in [-0.25, -0.2) is 0 Å². The van der Waals surface area contributed by atoms with Gasteiger partial charge < -0.3 is 14.5 Å². The van der Waals surface area contributed by atoms with Crippen LogP contribution in [0.1, 0.15) is 43.8 Å². The summed E-state index contributed by atoms with van der Waals surface area (Å²) in [6, 6.07) is 3.06. The van der Waals surface area contributed by atoms with Crippen molar-refractivity contribution in [3.05, 3.63) is 40.4 Å². The van der Waals surface area contributed by atoms with Crippen LogP contribution in [0.3, 0.4) is 0 Å². The number of hydrogen-bond acceptors (Lipinski definition) is 6. The summed E-state index contributed by atoms with van der Waals surface area (Å²) in [5.74, 6) is 0.866. The third kappa shape index (κ3) is 3.77. The van der Waals surface area contributed by atoms with Crippen molar-refractivity contribution in [1.82, 2.24) is 14.5 Å². The lowest BCUT2D eigenvalue weighted by Crippen LogP contribution is -2.47. The highest BCUT2D eigenvalue weighted by Crippen LogP contribution is 2.42. The number of morpholine rings is 1. The smallest absolute Gasteiger partial charge is 0.377 e. The van der Waals surface area contributed by atoms with Crippen molar-refractivity contribution >= 4 is 17.5 Å². The maximum Gasteiger partial charge on any atom is 0.409 e. The van der Waals surface area contributed by atoms with Gasteiger partial charge in [-0.2, -0.15) is 18.2 Å². The molecular formula is C21H24F3N5O2. The minimum Gasteiger partial charge on any atom is -0.377 e. The molecule has 1 saturated carbocycles. The van der Waals surface area contributed by atoms with E-state index in [1.807, 2.05) is 24.0 Å². The highest BCUT2D eigenvalue weighted by Gasteiger charge is 2.46. The topological polar surface area (TPSA) is 63.5 Å². The van der Waals surface area contributed by atoms with Crippen molar-refractivity contribution in [2.75, 3.05) is 36.1 Å². The number of pyridine rings is 1. The summed E-state index contributed by atoms with van der Waals surface area (Å²) in [7, 11) is 0. The molecule has 10 heteroatoms. The minimum atomic E-state index is -4.53. The van der Waals surface area contributed by atoms with Crippen LogP contribution >= 0.6 is 0 Å². The van der Waals surface area contributed by atoms with Crippen LogP contribution in [0, 0.1) is 0 Å². The maximum atomic E-state index is 13.8. The number of aromatic nitrogens is 3. The van der Waals surface area contributed by atoms with Gasteiger partial charge in [0.05, 0.1) is 31.1 Å². The molecule has 2 aliphatic heterocycles. The van der Waals surface area contributed by atoms with Gasteiger partial charge in [-0.15, -0.1) is 0 Å². The molecule has 2 fully saturated rings. The van der Waals surface area contributed by atoms with E-state index in [1.165, 1.54) is 6.07 Å². The summed E-state index contributed by atoms with van der Waals surface area (Å²) in [6.45, 7) is 3.52. The van der Waals surface area contributed by atoms with E-state index < -0.39 is 17.8 Å². The third-order valence-corrected chi connectivity index (χ3v) is 6.22. The quantitative estimate of drug-likeness (QED) is 0.737. The highest BCUT2D eigenvalue weighted by atomic mass is 19.4. The van der Waals surface area contributed by atoms with Crippen molar-refractivity contribution in [2.24, 2.45) is 0 Å². The first-order chi connectivity index (χ1) is 14.8. The summed E-state index contributed by atoms with van der Waals surface area (Å²) in [5, 5.41) is 0. The van der Waals surface area contributed by atoms with Crippen LogP contribution in [0.15, 0.2) is 29.2 Å². The molecule has 2 aromatic rings. The molecule has 2 aromatic heterocycles. The van der Waals surface area contributed by atoms with Crippen LogP contribution in [0.25, 0.3) is 0 Å². The largest absolute Gasteiger partial charge is 0.409 e. The van der Waals surface area contributed by atoms with E-state index in [1.54, 1.807) is 11.1 Å². The zero-order chi connectivity index (χ0) is 21.8. The number of anilines is 3. The van der Waals surface area contributed by atoms with Gasteiger partial charge in [-0.3, -0.25) is 14.3 Å². The Balaban J connectivity index is 1.59. The molecule has 0 spiro atoms. The van der Waals surface area contributed by atoms with Crippen LogP contribution in [0.4, 0.5) is 30.6 Å². The molecule has 1 aliphatic carbocycles. The molecule has 1 unspecified atom stereocenters. The number of alkyl halides is 3. The number of fused-ring (bicyclic) bond motifs is 1.